The molecule has 2 aromatic carbocycles. The minimum Gasteiger partial charge on any atom is -0.282 e. The van der Waals surface area contributed by atoms with Crippen molar-refractivity contribution in [1.82, 2.24) is 9.38 Å². The monoisotopic (exact) mass is 354 g/mol. The fourth-order valence-corrected chi connectivity index (χ4v) is 3.29. The summed E-state index contributed by atoms with van der Waals surface area (Å²) in [5, 5.41) is 9.10. The van der Waals surface area contributed by atoms with Gasteiger partial charge < -0.3 is 0 Å². The molecule has 0 unspecified atom stereocenters. The summed E-state index contributed by atoms with van der Waals surface area (Å²) in [6.45, 7) is 8.33. The fraction of sp³-hybridized carbons (Fsp3) is 0.174. The molecule has 2 aromatic heterocycles. The first-order valence-electron chi connectivity index (χ1n) is 9.06. The van der Waals surface area contributed by atoms with E-state index < -0.39 is 0 Å². The first-order valence-corrected chi connectivity index (χ1v) is 9.06. The van der Waals surface area contributed by atoms with Crippen LogP contribution in [-0.2, 0) is 0 Å². The van der Waals surface area contributed by atoms with Crippen molar-refractivity contribution in [3.8, 4) is 11.3 Å². The third kappa shape index (κ3) is 3.38. The van der Waals surface area contributed by atoms with Gasteiger partial charge in [0.05, 0.1) is 5.69 Å². The number of azo groups is 1. The lowest BCUT2D eigenvalue weighted by Crippen LogP contribution is -1.86. The topological polar surface area (TPSA) is 42.0 Å². The number of hydrogen-bond donors (Lipinski definition) is 0. The summed E-state index contributed by atoms with van der Waals surface area (Å²) in [5.41, 5.74) is 8.38. The Bertz CT molecular complexity index is 1170. The summed E-state index contributed by atoms with van der Waals surface area (Å²) in [7, 11) is 0. The first-order chi connectivity index (χ1) is 13.0. The van der Waals surface area contributed by atoms with Crippen LogP contribution in [0.1, 0.15) is 22.3 Å². The van der Waals surface area contributed by atoms with Gasteiger partial charge >= 0.3 is 0 Å². The lowest BCUT2D eigenvalue weighted by atomic mass is 10.0. The van der Waals surface area contributed by atoms with Crippen LogP contribution in [-0.4, -0.2) is 9.38 Å². The summed E-state index contributed by atoms with van der Waals surface area (Å²) < 4.78 is 2.02. The van der Waals surface area contributed by atoms with Gasteiger partial charge in [0.1, 0.15) is 11.3 Å². The van der Waals surface area contributed by atoms with Crippen molar-refractivity contribution >= 4 is 17.2 Å². The van der Waals surface area contributed by atoms with Gasteiger partial charge in [0.25, 0.3) is 0 Å². The highest BCUT2D eigenvalue weighted by Gasteiger charge is 2.16. The number of aromatic nitrogens is 2. The predicted molar refractivity (Wildman–Crippen MR) is 110 cm³/mol. The van der Waals surface area contributed by atoms with E-state index in [0.717, 1.165) is 39.5 Å². The van der Waals surface area contributed by atoms with Crippen molar-refractivity contribution in [2.24, 2.45) is 10.2 Å². The van der Waals surface area contributed by atoms with Crippen molar-refractivity contribution in [3.05, 3.63) is 83.0 Å². The van der Waals surface area contributed by atoms with Gasteiger partial charge in [0, 0.05) is 11.8 Å². The number of nitrogens with zero attached hydrogens (tertiary/aromatic N) is 4. The standard InChI is InChI=1S/C23H22N4/c1-15-6-5-7-19(13-15)25-26-23-22(20-10-8-16(2)12-18(20)4)24-21-11-9-17(3)14-27(21)23/h5-14H,1-4H3. The molecule has 4 heteroatoms. The van der Waals surface area contributed by atoms with Gasteiger partial charge in [-0.1, -0.05) is 42.0 Å². The highest BCUT2D eigenvalue weighted by Crippen LogP contribution is 2.34. The third-order valence-corrected chi connectivity index (χ3v) is 4.64. The SMILES string of the molecule is Cc1cccc(N=Nc2c(-c3ccc(C)cc3C)nc3ccc(C)cn23)c1. The molecule has 0 amide bonds. The van der Waals surface area contributed by atoms with Gasteiger partial charge in [0.15, 0.2) is 5.82 Å². The number of imidazole rings is 1. The quantitative estimate of drug-likeness (QED) is 0.380. The predicted octanol–water partition coefficient (Wildman–Crippen LogP) is 6.65. The maximum atomic E-state index is 4.85. The Morgan fingerprint density at radius 3 is 2.33 bits per heavy atom. The Hall–Kier alpha value is -3.27. The number of hydrogen-bond acceptors (Lipinski definition) is 3. The van der Waals surface area contributed by atoms with E-state index >= 15 is 0 Å². The Morgan fingerprint density at radius 1 is 0.778 bits per heavy atom. The highest BCUT2D eigenvalue weighted by atomic mass is 15.2. The summed E-state index contributed by atoms with van der Waals surface area (Å²) in [5.74, 6) is 0.752. The second-order valence-corrected chi connectivity index (χ2v) is 7.08. The van der Waals surface area contributed by atoms with E-state index in [1.165, 1.54) is 11.1 Å². The zero-order valence-electron chi connectivity index (χ0n) is 16.1. The van der Waals surface area contributed by atoms with E-state index in [0.29, 0.717) is 0 Å². The van der Waals surface area contributed by atoms with Gasteiger partial charge in [-0.25, -0.2) is 4.98 Å². The maximum absolute atomic E-state index is 4.85. The third-order valence-electron chi connectivity index (χ3n) is 4.64. The van der Waals surface area contributed by atoms with E-state index in [1.807, 2.05) is 28.7 Å². The van der Waals surface area contributed by atoms with Crippen molar-refractivity contribution in [2.45, 2.75) is 27.7 Å². The van der Waals surface area contributed by atoms with Crippen molar-refractivity contribution in [1.29, 1.82) is 0 Å². The molecule has 0 bridgehead atoms. The molecule has 0 aliphatic heterocycles. The average Bonchev–Trinajstić information content (AvgIpc) is 2.97. The van der Waals surface area contributed by atoms with Crippen LogP contribution < -0.4 is 0 Å². The van der Waals surface area contributed by atoms with Crippen LogP contribution in [0.4, 0.5) is 11.5 Å². The van der Waals surface area contributed by atoms with Gasteiger partial charge in [-0.2, -0.15) is 0 Å². The zero-order chi connectivity index (χ0) is 19.0. The van der Waals surface area contributed by atoms with E-state index in [1.54, 1.807) is 0 Å². The normalized spacial score (nSPS) is 11.6. The molecular formula is C23H22N4. The summed E-state index contributed by atoms with van der Waals surface area (Å²) >= 11 is 0. The van der Waals surface area contributed by atoms with Crippen LogP contribution in [0.15, 0.2) is 71.0 Å². The molecule has 0 spiro atoms. The molecule has 0 aliphatic carbocycles. The smallest absolute Gasteiger partial charge is 0.187 e. The summed E-state index contributed by atoms with van der Waals surface area (Å²) in [6.07, 6.45) is 2.06. The second-order valence-electron chi connectivity index (χ2n) is 7.08. The molecule has 0 saturated heterocycles. The Balaban J connectivity index is 1.92. The molecule has 2 heterocycles. The molecule has 0 atom stereocenters. The van der Waals surface area contributed by atoms with Gasteiger partial charge in [-0.15, -0.1) is 10.2 Å². The van der Waals surface area contributed by atoms with E-state index in [9.17, 15) is 0 Å². The Labute approximate surface area is 159 Å². The van der Waals surface area contributed by atoms with Crippen molar-refractivity contribution in [3.63, 3.8) is 0 Å². The molecule has 0 radical (unpaired) electrons. The Kier molecular flexibility index (Phi) is 4.32. The van der Waals surface area contributed by atoms with Crippen LogP contribution in [0.2, 0.25) is 0 Å². The number of benzene rings is 2. The highest BCUT2D eigenvalue weighted by molar-refractivity contribution is 5.77. The van der Waals surface area contributed by atoms with Crippen LogP contribution in [0.25, 0.3) is 16.9 Å². The van der Waals surface area contributed by atoms with Gasteiger partial charge in [0.2, 0.25) is 0 Å². The van der Waals surface area contributed by atoms with Crippen LogP contribution >= 0.6 is 0 Å². The molecule has 27 heavy (non-hydrogen) atoms. The average molecular weight is 354 g/mol. The molecule has 0 fully saturated rings. The maximum Gasteiger partial charge on any atom is 0.187 e. The zero-order valence-corrected chi connectivity index (χ0v) is 16.1. The van der Waals surface area contributed by atoms with Gasteiger partial charge in [-0.05, 0) is 62.6 Å². The van der Waals surface area contributed by atoms with Crippen molar-refractivity contribution in [2.75, 3.05) is 0 Å². The van der Waals surface area contributed by atoms with Gasteiger partial charge in [-0.3, -0.25) is 4.40 Å². The molecule has 0 N–H and O–H groups in total. The lowest BCUT2D eigenvalue weighted by molar-refractivity contribution is 1.09. The van der Waals surface area contributed by atoms with Crippen LogP contribution in [0, 0.1) is 27.7 Å². The minimum absolute atomic E-state index is 0.752. The molecule has 134 valence electrons. The molecule has 4 aromatic rings. The van der Waals surface area contributed by atoms with Crippen LogP contribution in [0.5, 0.6) is 0 Å². The lowest BCUT2D eigenvalue weighted by Gasteiger charge is -2.05. The number of rotatable bonds is 3. The molecule has 0 aliphatic rings. The number of fused-ring (bicyclic) bond motifs is 1. The summed E-state index contributed by atoms with van der Waals surface area (Å²) in [6, 6.07) is 18.5. The molecule has 4 rings (SSSR count). The summed E-state index contributed by atoms with van der Waals surface area (Å²) in [4.78, 5) is 4.85. The Morgan fingerprint density at radius 2 is 1.56 bits per heavy atom. The number of aryl methyl sites for hydroxylation is 4. The number of pyridine rings is 1. The largest absolute Gasteiger partial charge is 0.282 e. The second kappa shape index (κ2) is 6.80. The molecular weight excluding hydrogens is 332 g/mol. The van der Waals surface area contributed by atoms with E-state index in [4.69, 9.17) is 4.98 Å². The molecule has 4 nitrogen and oxygen atoms in total. The fourth-order valence-electron chi connectivity index (χ4n) is 3.29. The minimum atomic E-state index is 0.752. The first kappa shape index (κ1) is 17.2. The van der Waals surface area contributed by atoms with E-state index in [-0.39, 0.29) is 0 Å². The molecule has 0 saturated carbocycles. The van der Waals surface area contributed by atoms with E-state index in [2.05, 4.69) is 74.5 Å². The van der Waals surface area contributed by atoms with Crippen LogP contribution in [0.3, 0.4) is 0 Å². The van der Waals surface area contributed by atoms with Crippen molar-refractivity contribution < 1.29 is 0 Å².